The number of nitrogens with one attached hydrogen (secondary N) is 1. The Hall–Kier alpha value is -1.92. The molecule has 0 aromatic heterocycles. The number of nitrogens with zero attached hydrogens (tertiary/aromatic N) is 1. The van der Waals surface area contributed by atoms with Gasteiger partial charge in [0.05, 0.1) is 13.2 Å². The molecule has 1 aromatic carbocycles. The van der Waals surface area contributed by atoms with Gasteiger partial charge in [-0.2, -0.15) is 0 Å². The highest BCUT2D eigenvalue weighted by atomic mass is 16.3. The van der Waals surface area contributed by atoms with Crippen LogP contribution >= 0.6 is 0 Å². The highest BCUT2D eigenvalue weighted by Gasteiger charge is 2.21. The van der Waals surface area contributed by atoms with E-state index in [0.29, 0.717) is 12.1 Å². The third-order valence-corrected chi connectivity index (χ3v) is 3.34. The molecule has 3 N–H and O–H groups in total. The molecule has 0 unspecified atom stereocenters. The topological polar surface area (TPSA) is 89.9 Å². The van der Waals surface area contributed by atoms with E-state index in [2.05, 4.69) is 5.32 Å². The molecule has 0 aliphatic rings. The average Bonchev–Trinajstić information content (AvgIpc) is 2.51. The van der Waals surface area contributed by atoms with Crippen molar-refractivity contribution in [3.05, 3.63) is 35.4 Å². The maximum Gasteiger partial charge on any atom is 0.254 e. The Morgan fingerprint density at radius 3 is 2.26 bits per heavy atom. The van der Waals surface area contributed by atoms with Gasteiger partial charge in [0.1, 0.15) is 0 Å². The number of aliphatic hydroxyl groups excluding tert-OH is 2. The van der Waals surface area contributed by atoms with Crippen LogP contribution in [0.2, 0.25) is 0 Å². The summed E-state index contributed by atoms with van der Waals surface area (Å²) in [6, 6.07) is 6.98. The number of hydrogen-bond donors (Lipinski definition) is 3. The minimum atomic E-state index is -0.466. The lowest BCUT2D eigenvalue weighted by molar-refractivity contribution is -0.128. The van der Waals surface area contributed by atoms with Crippen molar-refractivity contribution in [3.8, 4) is 0 Å². The fourth-order valence-corrected chi connectivity index (χ4v) is 2.00. The lowest BCUT2D eigenvalue weighted by Crippen LogP contribution is -2.36. The van der Waals surface area contributed by atoms with Crippen LogP contribution in [-0.4, -0.2) is 53.2 Å². The van der Waals surface area contributed by atoms with Crippen molar-refractivity contribution in [3.63, 3.8) is 0 Å². The van der Waals surface area contributed by atoms with Gasteiger partial charge >= 0.3 is 0 Å². The van der Waals surface area contributed by atoms with Crippen molar-refractivity contribution in [2.24, 2.45) is 5.41 Å². The van der Waals surface area contributed by atoms with Crippen molar-refractivity contribution in [1.82, 2.24) is 10.2 Å². The monoisotopic (exact) mass is 322 g/mol. The van der Waals surface area contributed by atoms with E-state index in [1.54, 1.807) is 18.2 Å². The SMILES string of the molecule is CC(C)(C)C(=O)NCc1cccc(C(=O)N(CCO)CCO)c1. The van der Waals surface area contributed by atoms with Gasteiger partial charge in [-0.05, 0) is 17.7 Å². The van der Waals surface area contributed by atoms with Gasteiger partial charge in [0.2, 0.25) is 5.91 Å². The van der Waals surface area contributed by atoms with Gasteiger partial charge in [-0.25, -0.2) is 0 Å². The summed E-state index contributed by atoms with van der Waals surface area (Å²) in [5.74, 6) is -0.312. The summed E-state index contributed by atoms with van der Waals surface area (Å²) in [6.45, 7) is 5.88. The molecule has 0 bridgehead atoms. The van der Waals surface area contributed by atoms with Gasteiger partial charge in [-0.3, -0.25) is 9.59 Å². The molecule has 0 spiro atoms. The summed E-state index contributed by atoms with van der Waals surface area (Å²) in [6.07, 6.45) is 0. The quantitative estimate of drug-likeness (QED) is 0.692. The third kappa shape index (κ3) is 6.00. The predicted octanol–water partition coefficient (Wildman–Crippen LogP) is 0.776. The first-order valence-corrected chi connectivity index (χ1v) is 7.68. The van der Waals surface area contributed by atoms with Crippen LogP contribution in [0.1, 0.15) is 36.7 Å². The molecule has 1 aromatic rings. The number of carbonyl (C=O) groups excluding carboxylic acids is 2. The Kier molecular flexibility index (Phi) is 7.19. The molecule has 0 aliphatic heterocycles. The molecule has 6 nitrogen and oxygen atoms in total. The van der Waals surface area contributed by atoms with Crippen LogP contribution in [0.4, 0.5) is 0 Å². The van der Waals surface area contributed by atoms with Crippen molar-refractivity contribution in [1.29, 1.82) is 0 Å². The number of hydrogen-bond acceptors (Lipinski definition) is 4. The lowest BCUT2D eigenvalue weighted by Gasteiger charge is -2.21. The highest BCUT2D eigenvalue weighted by molar-refractivity contribution is 5.94. The van der Waals surface area contributed by atoms with Gasteiger partial charge in [0.15, 0.2) is 0 Å². The summed E-state index contributed by atoms with van der Waals surface area (Å²) in [4.78, 5) is 25.7. The molecule has 1 rings (SSSR count). The largest absolute Gasteiger partial charge is 0.395 e. The highest BCUT2D eigenvalue weighted by Crippen LogP contribution is 2.14. The molecule has 0 heterocycles. The number of amides is 2. The molecule has 2 amide bonds. The van der Waals surface area contributed by atoms with Crippen LogP contribution in [-0.2, 0) is 11.3 Å². The number of aliphatic hydroxyl groups is 2. The first-order valence-electron chi connectivity index (χ1n) is 7.68. The second-order valence-electron chi connectivity index (χ2n) is 6.37. The minimum absolute atomic E-state index is 0.0589. The van der Waals surface area contributed by atoms with Gasteiger partial charge in [0.25, 0.3) is 5.91 Å². The van der Waals surface area contributed by atoms with Gasteiger partial charge in [-0.15, -0.1) is 0 Å². The fourth-order valence-electron chi connectivity index (χ4n) is 2.00. The average molecular weight is 322 g/mol. The Morgan fingerprint density at radius 1 is 1.13 bits per heavy atom. The van der Waals surface area contributed by atoms with Gasteiger partial charge in [0, 0.05) is 30.6 Å². The maximum absolute atomic E-state index is 12.4. The second kappa shape index (κ2) is 8.64. The van der Waals surface area contributed by atoms with Crippen LogP contribution in [0.5, 0.6) is 0 Å². The van der Waals surface area contributed by atoms with Crippen LogP contribution in [0.15, 0.2) is 24.3 Å². The molecule has 0 aliphatic carbocycles. The summed E-state index contributed by atoms with van der Waals surface area (Å²) >= 11 is 0. The number of carbonyl (C=O) groups is 2. The van der Waals surface area contributed by atoms with Crippen molar-refractivity contribution in [2.45, 2.75) is 27.3 Å². The standard InChI is InChI=1S/C17H26N2O4/c1-17(2,3)16(23)18-12-13-5-4-6-14(11-13)15(22)19(7-9-20)8-10-21/h4-6,11,20-21H,7-10,12H2,1-3H3,(H,18,23). The molecule has 128 valence electrons. The normalized spacial score (nSPS) is 11.2. The lowest BCUT2D eigenvalue weighted by atomic mass is 9.95. The third-order valence-electron chi connectivity index (χ3n) is 3.34. The summed E-state index contributed by atoms with van der Waals surface area (Å²) in [5, 5.41) is 20.9. The minimum Gasteiger partial charge on any atom is -0.395 e. The zero-order valence-electron chi connectivity index (χ0n) is 14.0. The molecule has 0 radical (unpaired) electrons. The van der Waals surface area contributed by atoms with E-state index in [-0.39, 0.29) is 38.1 Å². The Bertz CT molecular complexity index is 532. The zero-order chi connectivity index (χ0) is 17.5. The van der Waals surface area contributed by atoms with Crippen molar-refractivity contribution in [2.75, 3.05) is 26.3 Å². The summed E-state index contributed by atoms with van der Waals surface area (Å²) in [7, 11) is 0. The molecule has 0 saturated carbocycles. The zero-order valence-corrected chi connectivity index (χ0v) is 14.0. The fraction of sp³-hybridized carbons (Fsp3) is 0.529. The van der Waals surface area contributed by atoms with Gasteiger partial charge in [-0.1, -0.05) is 32.9 Å². The van der Waals surface area contributed by atoms with Crippen molar-refractivity contribution < 1.29 is 19.8 Å². The van der Waals surface area contributed by atoms with E-state index in [1.165, 1.54) is 4.90 Å². The van der Waals surface area contributed by atoms with Crippen molar-refractivity contribution >= 4 is 11.8 Å². The summed E-state index contributed by atoms with van der Waals surface area (Å²) < 4.78 is 0. The van der Waals surface area contributed by atoms with E-state index in [9.17, 15) is 9.59 Å². The van der Waals surface area contributed by atoms with Crippen LogP contribution in [0.3, 0.4) is 0 Å². The smallest absolute Gasteiger partial charge is 0.254 e. The molecule has 0 fully saturated rings. The maximum atomic E-state index is 12.4. The van der Waals surface area contributed by atoms with E-state index >= 15 is 0 Å². The number of benzene rings is 1. The van der Waals surface area contributed by atoms with E-state index in [0.717, 1.165) is 5.56 Å². The Balaban J connectivity index is 2.79. The van der Waals surface area contributed by atoms with E-state index < -0.39 is 5.41 Å². The molecular weight excluding hydrogens is 296 g/mol. The second-order valence-corrected chi connectivity index (χ2v) is 6.37. The summed E-state index contributed by atoms with van der Waals surface area (Å²) in [5.41, 5.74) is 0.822. The van der Waals surface area contributed by atoms with Crippen LogP contribution in [0, 0.1) is 5.41 Å². The van der Waals surface area contributed by atoms with E-state index in [4.69, 9.17) is 10.2 Å². The molecule has 0 atom stereocenters. The Labute approximate surface area is 137 Å². The molecule has 6 heteroatoms. The van der Waals surface area contributed by atoms with E-state index in [1.807, 2.05) is 26.8 Å². The number of rotatable bonds is 7. The van der Waals surface area contributed by atoms with Gasteiger partial charge < -0.3 is 20.4 Å². The van der Waals surface area contributed by atoms with Crippen LogP contribution in [0.25, 0.3) is 0 Å². The molecular formula is C17H26N2O4. The Morgan fingerprint density at radius 2 is 1.74 bits per heavy atom. The first-order chi connectivity index (χ1) is 10.8. The van der Waals surface area contributed by atoms with Crippen LogP contribution < -0.4 is 5.32 Å². The molecule has 23 heavy (non-hydrogen) atoms. The molecule has 0 saturated heterocycles. The first kappa shape index (κ1) is 19.1. The predicted molar refractivity (Wildman–Crippen MR) is 87.8 cm³/mol.